The number of aromatic nitrogens is 2. The highest BCUT2D eigenvalue weighted by molar-refractivity contribution is 5.99. The van der Waals surface area contributed by atoms with Gasteiger partial charge in [-0.1, -0.05) is 29.8 Å². The molecule has 0 amide bonds. The summed E-state index contributed by atoms with van der Waals surface area (Å²) in [4.78, 5) is 32.2. The number of nitrogens with two attached hydrogens (primary N) is 1. The maximum absolute atomic E-state index is 11.7. The molecule has 3 aromatic rings. The van der Waals surface area contributed by atoms with Gasteiger partial charge in [-0.05, 0) is 13.0 Å². The molecule has 1 aliphatic rings. The van der Waals surface area contributed by atoms with Gasteiger partial charge in [-0.3, -0.25) is 25.5 Å². The van der Waals surface area contributed by atoms with E-state index in [1.807, 2.05) is 31.2 Å². The molecule has 0 saturated heterocycles. The number of rotatable bonds is 5. The first-order valence-electron chi connectivity index (χ1n) is 10.1. The summed E-state index contributed by atoms with van der Waals surface area (Å²) < 4.78 is 1.31. The van der Waals surface area contributed by atoms with Crippen LogP contribution in [0.4, 0.5) is 11.4 Å². The summed E-state index contributed by atoms with van der Waals surface area (Å²) in [7, 11) is 3.60. The molecule has 0 fully saturated rings. The summed E-state index contributed by atoms with van der Waals surface area (Å²) in [5.41, 5.74) is 8.05. The zero-order valence-electron chi connectivity index (χ0n) is 18.5. The van der Waals surface area contributed by atoms with Crippen LogP contribution in [-0.2, 0) is 0 Å². The topological polar surface area (TPSA) is 170 Å². The van der Waals surface area contributed by atoms with E-state index in [9.17, 15) is 20.2 Å². The minimum absolute atomic E-state index is 0.0675. The number of nitrogens with one attached hydrogen (secondary N) is 1. The Hall–Kier alpha value is -4.81. The van der Waals surface area contributed by atoms with Gasteiger partial charge in [0.1, 0.15) is 11.4 Å². The van der Waals surface area contributed by atoms with Crippen molar-refractivity contribution in [3.05, 3.63) is 80.0 Å². The zero-order valence-corrected chi connectivity index (χ0v) is 18.5. The number of nitro groups is 2. The van der Waals surface area contributed by atoms with E-state index in [-0.39, 0.29) is 11.6 Å². The summed E-state index contributed by atoms with van der Waals surface area (Å²) in [5.74, 6) is 0.647. The highest BCUT2D eigenvalue weighted by atomic mass is 16.6. The SMILES string of the molecule is Cc1ccc(-c2nn(-c3ccc([N+](=O)[O-])cc3[N+](=O)[O-])cc2C2N=C(N)NC(N(C)C)=N2)cc1. The monoisotopic (exact) mass is 463 g/mol. The molecule has 1 atom stereocenters. The third-order valence-corrected chi connectivity index (χ3v) is 5.13. The van der Waals surface area contributed by atoms with Crippen molar-refractivity contribution in [3.8, 4) is 16.9 Å². The quantitative estimate of drug-likeness (QED) is 0.429. The molecule has 3 N–H and O–H groups in total. The Morgan fingerprint density at radius 1 is 1.06 bits per heavy atom. The third kappa shape index (κ3) is 4.26. The molecule has 0 aliphatic carbocycles. The molecule has 0 bridgehead atoms. The Morgan fingerprint density at radius 2 is 1.76 bits per heavy atom. The van der Waals surface area contributed by atoms with E-state index in [1.165, 1.54) is 16.8 Å². The lowest BCUT2D eigenvalue weighted by Crippen LogP contribution is -2.46. The molecule has 4 rings (SSSR count). The van der Waals surface area contributed by atoms with Crippen molar-refractivity contribution in [1.82, 2.24) is 20.0 Å². The number of hydrogen-bond donors (Lipinski definition) is 2. The van der Waals surface area contributed by atoms with Gasteiger partial charge in [0.25, 0.3) is 5.69 Å². The molecule has 174 valence electrons. The first kappa shape index (κ1) is 22.4. The first-order valence-corrected chi connectivity index (χ1v) is 10.1. The molecular formula is C21H21N9O4. The number of aliphatic imine (C=N–C) groups is 2. The van der Waals surface area contributed by atoms with Crippen LogP contribution in [0.2, 0.25) is 0 Å². The van der Waals surface area contributed by atoms with E-state index in [4.69, 9.17) is 5.73 Å². The molecule has 1 unspecified atom stereocenters. The number of nitro benzene ring substituents is 2. The Bertz CT molecular complexity index is 1340. The van der Waals surface area contributed by atoms with Gasteiger partial charge in [-0.25, -0.2) is 14.7 Å². The summed E-state index contributed by atoms with van der Waals surface area (Å²) in [6, 6.07) is 11.0. The van der Waals surface area contributed by atoms with Crippen LogP contribution in [0.15, 0.2) is 58.6 Å². The van der Waals surface area contributed by atoms with Crippen LogP contribution in [0.5, 0.6) is 0 Å². The van der Waals surface area contributed by atoms with Crippen LogP contribution in [-0.4, -0.2) is 50.5 Å². The Balaban J connectivity index is 1.92. The van der Waals surface area contributed by atoms with Gasteiger partial charge in [0.15, 0.2) is 12.1 Å². The molecule has 13 nitrogen and oxygen atoms in total. The number of benzene rings is 2. The average molecular weight is 463 g/mol. The average Bonchev–Trinajstić information content (AvgIpc) is 3.24. The lowest BCUT2D eigenvalue weighted by atomic mass is 10.1. The Labute approximate surface area is 193 Å². The molecule has 0 spiro atoms. The van der Waals surface area contributed by atoms with Crippen molar-refractivity contribution in [1.29, 1.82) is 0 Å². The number of non-ortho nitro benzene ring substituents is 1. The van der Waals surface area contributed by atoms with Crippen molar-refractivity contribution in [2.45, 2.75) is 13.1 Å². The fraction of sp³-hybridized carbons (Fsp3) is 0.190. The van der Waals surface area contributed by atoms with Crippen LogP contribution in [0.25, 0.3) is 16.9 Å². The minimum atomic E-state index is -0.763. The smallest absolute Gasteiger partial charge is 0.301 e. The fourth-order valence-corrected chi connectivity index (χ4v) is 3.42. The number of aryl methyl sites for hydroxylation is 1. The molecule has 2 heterocycles. The molecule has 34 heavy (non-hydrogen) atoms. The summed E-state index contributed by atoms with van der Waals surface area (Å²) >= 11 is 0. The molecule has 2 aromatic carbocycles. The number of guanidine groups is 2. The zero-order chi connectivity index (χ0) is 24.6. The second-order valence-electron chi connectivity index (χ2n) is 7.79. The van der Waals surface area contributed by atoms with E-state index in [1.54, 1.807) is 25.2 Å². The van der Waals surface area contributed by atoms with E-state index in [0.717, 1.165) is 17.2 Å². The largest absolute Gasteiger partial charge is 0.370 e. The van der Waals surface area contributed by atoms with Gasteiger partial charge in [0, 0.05) is 37.5 Å². The van der Waals surface area contributed by atoms with E-state index in [2.05, 4.69) is 20.4 Å². The van der Waals surface area contributed by atoms with Crippen LogP contribution in [0.1, 0.15) is 17.3 Å². The predicted octanol–water partition coefficient (Wildman–Crippen LogP) is 2.50. The Kier molecular flexibility index (Phi) is 5.67. The third-order valence-electron chi connectivity index (χ3n) is 5.13. The summed E-state index contributed by atoms with van der Waals surface area (Å²) in [5, 5.41) is 30.3. The standard InChI is InChI=1S/C21H21N9O4/c1-12-4-6-13(7-5-12)18-15(19-23-20(22)25-21(24-19)27(2)3)11-28(26-18)16-9-8-14(29(31)32)10-17(16)30(33)34/h4-11,19H,1-3H3,(H3,22,23,24,25). The van der Waals surface area contributed by atoms with Crippen molar-refractivity contribution < 1.29 is 9.85 Å². The van der Waals surface area contributed by atoms with Crippen molar-refractivity contribution >= 4 is 23.3 Å². The number of hydrogen-bond acceptors (Lipinski definition) is 10. The van der Waals surface area contributed by atoms with Crippen LogP contribution in [0.3, 0.4) is 0 Å². The van der Waals surface area contributed by atoms with Crippen molar-refractivity contribution in [2.24, 2.45) is 15.7 Å². The van der Waals surface area contributed by atoms with E-state index in [0.29, 0.717) is 17.2 Å². The first-order chi connectivity index (χ1) is 16.1. The normalized spacial score (nSPS) is 15.2. The van der Waals surface area contributed by atoms with Crippen LogP contribution < -0.4 is 11.1 Å². The van der Waals surface area contributed by atoms with Gasteiger partial charge in [-0.2, -0.15) is 5.10 Å². The van der Waals surface area contributed by atoms with Gasteiger partial charge in [0.05, 0.1) is 15.9 Å². The second-order valence-corrected chi connectivity index (χ2v) is 7.79. The van der Waals surface area contributed by atoms with Crippen LogP contribution >= 0.6 is 0 Å². The molecule has 0 radical (unpaired) electrons. The van der Waals surface area contributed by atoms with E-state index >= 15 is 0 Å². The van der Waals surface area contributed by atoms with Crippen LogP contribution in [0, 0.1) is 27.2 Å². The summed E-state index contributed by atoms with van der Waals surface area (Å²) in [6.07, 6.45) is 0.813. The molecule has 0 saturated carbocycles. The Morgan fingerprint density at radius 3 is 2.38 bits per heavy atom. The lowest BCUT2D eigenvalue weighted by molar-refractivity contribution is -0.394. The van der Waals surface area contributed by atoms with Crippen molar-refractivity contribution in [3.63, 3.8) is 0 Å². The maximum atomic E-state index is 11.7. The van der Waals surface area contributed by atoms with E-state index < -0.39 is 27.4 Å². The van der Waals surface area contributed by atoms with Crippen molar-refractivity contribution in [2.75, 3.05) is 14.1 Å². The highest BCUT2D eigenvalue weighted by Crippen LogP contribution is 2.34. The molecule has 13 heteroatoms. The predicted molar refractivity (Wildman–Crippen MR) is 126 cm³/mol. The molecule has 1 aromatic heterocycles. The second kappa shape index (κ2) is 8.61. The fourth-order valence-electron chi connectivity index (χ4n) is 3.42. The van der Waals surface area contributed by atoms with Gasteiger partial charge in [0.2, 0.25) is 5.96 Å². The summed E-state index contributed by atoms with van der Waals surface area (Å²) in [6.45, 7) is 1.95. The van der Waals surface area contributed by atoms with Gasteiger partial charge >= 0.3 is 5.69 Å². The lowest BCUT2D eigenvalue weighted by Gasteiger charge is -2.23. The minimum Gasteiger partial charge on any atom is -0.370 e. The van der Waals surface area contributed by atoms with Gasteiger partial charge in [-0.15, -0.1) is 0 Å². The highest BCUT2D eigenvalue weighted by Gasteiger charge is 2.27. The molecule has 1 aliphatic heterocycles. The van der Waals surface area contributed by atoms with Gasteiger partial charge < -0.3 is 10.6 Å². The maximum Gasteiger partial charge on any atom is 0.301 e. The molecular weight excluding hydrogens is 442 g/mol. The number of nitrogens with zero attached hydrogens (tertiary/aromatic N) is 7.